The second-order valence-corrected chi connectivity index (χ2v) is 4.59. The lowest BCUT2D eigenvalue weighted by Crippen LogP contribution is -2.14. The Morgan fingerprint density at radius 1 is 1.21 bits per heavy atom. The Hall–Kier alpha value is -0.470. The van der Waals surface area contributed by atoms with Gasteiger partial charge in [-0.1, -0.05) is 26.0 Å². The van der Waals surface area contributed by atoms with E-state index >= 15 is 0 Å². The van der Waals surface area contributed by atoms with E-state index in [4.69, 9.17) is 0 Å². The third-order valence-corrected chi connectivity index (χ3v) is 3.24. The molecule has 0 aliphatic carbocycles. The van der Waals surface area contributed by atoms with Crippen molar-refractivity contribution in [2.24, 2.45) is 0 Å². The first-order valence-electron chi connectivity index (χ1n) is 5.21. The predicted octanol–water partition coefficient (Wildman–Crippen LogP) is 3.47. The number of hydrogen-bond acceptors (Lipinski definition) is 2. The summed E-state index contributed by atoms with van der Waals surface area (Å²) in [6.07, 6.45) is 1.14. The van der Waals surface area contributed by atoms with Gasteiger partial charge in [-0.2, -0.15) is 0 Å². The maximum absolute atomic E-state index is 3.31. The lowest BCUT2D eigenvalue weighted by molar-refractivity contribution is 0.576. The van der Waals surface area contributed by atoms with Crippen LogP contribution in [0.25, 0.3) is 0 Å². The second-order valence-electron chi connectivity index (χ2n) is 3.25. The normalized spacial score (nSPS) is 12.8. The lowest BCUT2D eigenvalue weighted by Gasteiger charge is -2.14. The fourth-order valence-electron chi connectivity index (χ4n) is 1.57. The van der Waals surface area contributed by atoms with Crippen LogP contribution in [0.2, 0.25) is 0 Å². The van der Waals surface area contributed by atoms with Crippen molar-refractivity contribution in [2.75, 3.05) is 12.8 Å². The van der Waals surface area contributed by atoms with Crippen molar-refractivity contribution in [1.29, 1.82) is 0 Å². The number of benzene rings is 1. The van der Waals surface area contributed by atoms with Crippen LogP contribution in [0.5, 0.6) is 0 Å². The fraction of sp³-hybridized carbons (Fsp3) is 0.500. The molecule has 78 valence electrons. The summed E-state index contributed by atoms with van der Waals surface area (Å²) >= 11 is 1.89. The van der Waals surface area contributed by atoms with Gasteiger partial charge < -0.3 is 5.32 Å². The van der Waals surface area contributed by atoms with E-state index in [2.05, 4.69) is 43.4 Å². The summed E-state index contributed by atoms with van der Waals surface area (Å²) in [6, 6.07) is 9.37. The average Bonchev–Trinajstić information content (AvgIpc) is 2.23. The van der Waals surface area contributed by atoms with Crippen molar-refractivity contribution in [2.45, 2.75) is 31.2 Å². The monoisotopic (exact) mass is 209 g/mol. The molecule has 0 aromatic heterocycles. The molecule has 0 radical (unpaired) electrons. The zero-order valence-corrected chi connectivity index (χ0v) is 10.0. The van der Waals surface area contributed by atoms with Crippen LogP contribution in [0.15, 0.2) is 29.2 Å². The van der Waals surface area contributed by atoms with Gasteiger partial charge in [0.2, 0.25) is 0 Å². The minimum Gasteiger partial charge on any atom is -0.313 e. The topological polar surface area (TPSA) is 12.0 Å². The van der Waals surface area contributed by atoms with E-state index in [1.165, 1.54) is 10.5 Å². The van der Waals surface area contributed by atoms with Crippen LogP contribution in [0.4, 0.5) is 0 Å². The summed E-state index contributed by atoms with van der Waals surface area (Å²) in [5.74, 6) is 1.14. The maximum Gasteiger partial charge on any atom is 0.0314 e. The number of thioether (sulfide) groups is 1. The molecule has 1 atom stereocenters. The molecule has 0 aliphatic heterocycles. The minimum atomic E-state index is 0.496. The molecular formula is C12H19NS. The smallest absolute Gasteiger partial charge is 0.0314 e. The lowest BCUT2D eigenvalue weighted by atomic mass is 10.1. The molecule has 2 heteroatoms. The summed E-state index contributed by atoms with van der Waals surface area (Å²) in [5, 5.41) is 3.31. The second kappa shape index (κ2) is 6.10. The molecule has 0 bridgehead atoms. The molecule has 0 saturated carbocycles. The zero-order chi connectivity index (χ0) is 10.4. The van der Waals surface area contributed by atoms with Gasteiger partial charge in [0.15, 0.2) is 0 Å². The predicted molar refractivity (Wildman–Crippen MR) is 64.9 cm³/mol. The van der Waals surface area contributed by atoms with Gasteiger partial charge in [-0.25, -0.2) is 0 Å². The number of nitrogens with one attached hydrogen (secondary N) is 1. The highest BCUT2D eigenvalue weighted by atomic mass is 32.2. The van der Waals surface area contributed by atoms with Crippen LogP contribution in [0.3, 0.4) is 0 Å². The zero-order valence-electron chi connectivity index (χ0n) is 9.21. The van der Waals surface area contributed by atoms with Crippen LogP contribution >= 0.6 is 11.8 Å². The SMILES string of the molecule is CCSc1ccc(C(CC)NC)cc1. The molecule has 0 amide bonds. The van der Waals surface area contributed by atoms with E-state index in [0.29, 0.717) is 6.04 Å². The van der Waals surface area contributed by atoms with Gasteiger partial charge >= 0.3 is 0 Å². The first-order chi connectivity index (χ1) is 6.81. The van der Waals surface area contributed by atoms with Crippen LogP contribution < -0.4 is 5.32 Å². The third-order valence-electron chi connectivity index (χ3n) is 2.35. The van der Waals surface area contributed by atoms with Crippen LogP contribution in [0, 0.1) is 0 Å². The van der Waals surface area contributed by atoms with E-state index < -0.39 is 0 Å². The molecule has 1 N–H and O–H groups in total. The molecule has 1 unspecified atom stereocenters. The van der Waals surface area contributed by atoms with Gasteiger partial charge in [0.25, 0.3) is 0 Å². The molecule has 1 aromatic rings. The van der Waals surface area contributed by atoms with Crippen molar-refractivity contribution in [1.82, 2.24) is 5.32 Å². The van der Waals surface area contributed by atoms with E-state index in [1.807, 2.05) is 18.8 Å². The molecule has 0 heterocycles. The summed E-state index contributed by atoms with van der Waals surface area (Å²) < 4.78 is 0. The molecule has 0 aliphatic rings. The van der Waals surface area contributed by atoms with Gasteiger partial charge in [0, 0.05) is 10.9 Å². The molecule has 1 nitrogen and oxygen atoms in total. The summed E-state index contributed by atoms with van der Waals surface area (Å²) in [5.41, 5.74) is 1.38. The first kappa shape index (κ1) is 11.6. The Morgan fingerprint density at radius 3 is 2.29 bits per heavy atom. The highest BCUT2D eigenvalue weighted by Gasteiger charge is 2.05. The van der Waals surface area contributed by atoms with Gasteiger partial charge in [0.05, 0.1) is 0 Å². The molecule has 0 fully saturated rings. The van der Waals surface area contributed by atoms with Gasteiger partial charge in [-0.15, -0.1) is 11.8 Å². The van der Waals surface area contributed by atoms with Gasteiger partial charge in [-0.3, -0.25) is 0 Å². The fourth-order valence-corrected chi connectivity index (χ4v) is 2.23. The highest BCUT2D eigenvalue weighted by Crippen LogP contribution is 2.21. The van der Waals surface area contributed by atoms with E-state index in [0.717, 1.165) is 12.2 Å². The number of rotatable bonds is 5. The van der Waals surface area contributed by atoms with Crippen molar-refractivity contribution < 1.29 is 0 Å². The van der Waals surface area contributed by atoms with Crippen LogP contribution in [-0.4, -0.2) is 12.8 Å². The summed E-state index contributed by atoms with van der Waals surface area (Å²) in [7, 11) is 2.02. The van der Waals surface area contributed by atoms with E-state index in [9.17, 15) is 0 Å². The van der Waals surface area contributed by atoms with E-state index in [1.54, 1.807) is 0 Å². The molecule has 1 aromatic carbocycles. The Bertz CT molecular complexity index is 252. The molecule has 0 spiro atoms. The summed E-state index contributed by atoms with van der Waals surface area (Å²) in [6.45, 7) is 4.39. The molecule has 14 heavy (non-hydrogen) atoms. The summed E-state index contributed by atoms with van der Waals surface area (Å²) in [4.78, 5) is 1.36. The van der Waals surface area contributed by atoms with Crippen LogP contribution in [-0.2, 0) is 0 Å². The Balaban J connectivity index is 2.71. The Morgan fingerprint density at radius 2 is 1.86 bits per heavy atom. The molecule has 0 saturated heterocycles. The van der Waals surface area contributed by atoms with Crippen molar-refractivity contribution in [3.05, 3.63) is 29.8 Å². The van der Waals surface area contributed by atoms with Crippen molar-refractivity contribution in [3.8, 4) is 0 Å². The number of hydrogen-bond donors (Lipinski definition) is 1. The average molecular weight is 209 g/mol. The third kappa shape index (κ3) is 3.03. The largest absolute Gasteiger partial charge is 0.313 e. The maximum atomic E-state index is 3.31. The van der Waals surface area contributed by atoms with Crippen LogP contribution in [0.1, 0.15) is 31.9 Å². The molecular weight excluding hydrogens is 190 g/mol. The van der Waals surface area contributed by atoms with Crippen molar-refractivity contribution >= 4 is 11.8 Å². The molecule has 1 rings (SSSR count). The minimum absolute atomic E-state index is 0.496. The van der Waals surface area contributed by atoms with Gasteiger partial charge in [0.1, 0.15) is 0 Å². The standard InChI is InChI=1S/C12H19NS/c1-4-12(13-3)10-6-8-11(9-7-10)14-5-2/h6-9,12-13H,4-5H2,1-3H3. The Labute approximate surface area is 91.3 Å². The van der Waals surface area contributed by atoms with Crippen molar-refractivity contribution in [3.63, 3.8) is 0 Å². The quantitative estimate of drug-likeness (QED) is 0.745. The van der Waals surface area contributed by atoms with E-state index in [-0.39, 0.29) is 0 Å². The Kier molecular flexibility index (Phi) is 5.05. The van der Waals surface area contributed by atoms with Gasteiger partial charge in [-0.05, 0) is 36.9 Å². The highest BCUT2D eigenvalue weighted by molar-refractivity contribution is 7.99. The first-order valence-corrected chi connectivity index (χ1v) is 6.20.